The number of amides is 1. The zero-order chi connectivity index (χ0) is 22.5. The predicted octanol–water partition coefficient (Wildman–Crippen LogP) is 1.89. The van der Waals surface area contributed by atoms with Gasteiger partial charge < -0.3 is 15.2 Å². The number of nitriles is 1. The number of carboxylic acids is 1. The van der Waals surface area contributed by atoms with Crippen LogP contribution in [-0.2, 0) is 16.1 Å². The number of aliphatic carboxylic acids is 1. The molecule has 30 heavy (non-hydrogen) atoms. The van der Waals surface area contributed by atoms with Crippen LogP contribution in [0.3, 0.4) is 0 Å². The molecule has 0 aliphatic heterocycles. The van der Waals surface area contributed by atoms with Crippen molar-refractivity contribution in [2.45, 2.75) is 39.8 Å². The van der Waals surface area contributed by atoms with Crippen LogP contribution in [0.25, 0.3) is 11.8 Å². The van der Waals surface area contributed by atoms with E-state index < -0.39 is 28.8 Å². The summed E-state index contributed by atoms with van der Waals surface area (Å²) in [5.74, 6) is -1.39. The number of hydrogen-bond acceptors (Lipinski definition) is 7. The standard InChI is InChI=1S/C20H22N4O5S/c1-5-24-16(25)15(30-17(24)14(10-21)18(26)27)11-22-12-7-6-8-13(9-12)23-19(28)29-20(2,3)4/h6-9,11,22H,5H2,1-4H3,(H,23,28)(H,26,27)/b15-11+,17-14-. The van der Waals surface area contributed by atoms with E-state index in [0.29, 0.717) is 11.4 Å². The SMILES string of the molecule is CCn1c(=O)/c(=C\Nc2cccc(NC(=O)OC(C)(C)C)c2)s/c1=C(/C#N)C(=O)O. The zero-order valence-corrected chi connectivity index (χ0v) is 17.8. The van der Waals surface area contributed by atoms with E-state index in [0.717, 1.165) is 11.3 Å². The molecule has 1 aromatic heterocycles. The lowest BCUT2D eigenvalue weighted by molar-refractivity contribution is -0.130. The molecule has 9 nitrogen and oxygen atoms in total. The molecule has 0 unspecified atom stereocenters. The molecule has 1 amide bonds. The Morgan fingerprint density at radius 3 is 2.57 bits per heavy atom. The van der Waals surface area contributed by atoms with E-state index in [1.807, 2.05) is 0 Å². The van der Waals surface area contributed by atoms with Crippen molar-refractivity contribution < 1.29 is 19.4 Å². The number of carboxylic acid groups (broad SMARTS) is 1. The lowest BCUT2D eigenvalue weighted by Gasteiger charge is -2.19. The van der Waals surface area contributed by atoms with Crippen molar-refractivity contribution in [2.75, 3.05) is 10.6 Å². The smallest absolute Gasteiger partial charge is 0.412 e. The van der Waals surface area contributed by atoms with E-state index in [1.54, 1.807) is 58.0 Å². The zero-order valence-electron chi connectivity index (χ0n) is 17.0. The summed E-state index contributed by atoms with van der Waals surface area (Å²) in [5, 5.41) is 23.9. The second-order valence-corrected chi connectivity index (χ2v) is 8.14. The molecule has 2 rings (SSSR count). The van der Waals surface area contributed by atoms with E-state index >= 15 is 0 Å². The van der Waals surface area contributed by atoms with Crippen LogP contribution in [0.1, 0.15) is 27.7 Å². The van der Waals surface area contributed by atoms with Gasteiger partial charge in [0.2, 0.25) is 0 Å². The van der Waals surface area contributed by atoms with Gasteiger partial charge in [0.25, 0.3) is 5.56 Å². The maximum Gasteiger partial charge on any atom is 0.412 e. The van der Waals surface area contributed by atoms with Crippen LogP contribution in [0.15, 0.2) is 29.1 Å². The van der Waals surface area contributed by atoms with Gasteiger partial charge in [0.15, 0.2) is 5.57 Å². The highest BCUT2D eigenvalue weighted by Crippen LogP contribution is 2.16. The van der Waals surface area contributed by atoms with Crippen molar-refractivity contribution >= 4 is 46.5 Å². The second-order valence-electron chi connectivity index (χ2n) is 7.11. The molecule has 0 radical (unpaired) electrons. The third-order valence-corrected chi connectivity index (χ3v) is 4.77. The van der Waals surface area contributed by atoms with E-state index in [2.05, 4.69) is 10.6 Å². The quantitative estimate of drug-likeness (QED) is 0.659. The summed E-state index contributed by atoms with van der Waals surface area (Å²) in [6, 6.07) is 8.40. The van der Waals surface area contributed by atoms with Gasteiger partial charge in [-0.2, -0.15) is 5.26 Å². The maximum atomic E-state index is 12.5. The summed E-state index contributed by atoms with van der Waals surface area (Å²) in [5.41, 5.74) is -0.432. The van der Waals surface area contributed by atoms with E-state index in [-0.39, 0.29) is 15.7 Å². The van der Waals surface area contributed by atoms with Crippen LogP contribution in [0, 0.1) is 11.3 Å². The van der Waals surface area contributed by atoms with Crippen molar-refractivity contribution in [1.29, 1.82) is 5.26 Å². The van der Waals surface area contributed by atoms with E-state index in [1.165, 1.54) is 10.8 Å². The van der Waals surface area contributed by atoms with Gasteiger partial charge in [0, 0.05) is 24.1 Å². The topological polar surface area (TPSA) is 133 Å². The summed E-state index contributed by atoms with van der Waals surface area (Å²) < 4.78 is 6.78. The summed E-state index contributed by atoms with van der Waals surface area (Å²) >= 11 is 0.914. The molecular weight excluding hydrogens is 408 g/mol. The van der Waals surface area contributed by atoms with Crippen molar-refractivity contribution in [3.63, 3.8) is 0 Å². The Bertz CT molecular complexity index is 1180. The van der Waals surface area contributed by atoms with Crippen molar-refractivity contribution in [3.05, 3.63) is 43.8 Å². The van der Waals surface area contributed by atoms with Gasteiger partial charge >= 0.3 is 12.1 Å². The second kappa shape index (κ2) is 9.28. The first-order chi connectivity index (χ1) is 14.1. The van der Waals surface area contributed by atoms with E-state index in [4.69, 9.17) is 10.00 Å². The molecule has 0 bridgehead atoms. The van der Waals surface area contributed by atoms with Crippen LogP contribution in [0.4, 0.5) is 16.2 Å². The molecule has 0 spiro atoms. The Hall–Kier alpha value is -3.58. The number of carbonyl (C=O) groups is 2. The molecule has 10 heteroatoms. The fraction of sp³-hybridized carbons (Fsp3) is 0.300. The highest BCUT2D eigenvalue weighted by molar-refractivity contribution is 7.07. The number of rotatable bonds is 5. The van der Waals surface area contributed by atoms with Crippen LogP contribution in [-0.4, -0.2) is 27.3 Å². The largest absolute Gasteiger partial charge is 0.477 e. The fourth-order valence-corrected chi connectivity index (χ4v) is 3.52. The molecule has 158 valence electrons. The number of aromatic nitrogens is 1. The third kappa shape index (κ3) is 5.71. The van der Waals surface area contributed by atoms with Crippen molar-refractivity contribution in [3.8, 4) is 6.07 Å². The van der Waals surface area contributed by atoms with Crippen LogP contribution in [0.2, 0.25) is 0 Å². The normalized spacial score (nSPS) is 12.7. The van der Waals surface area contributed by atoms with Gasteiger partial charge in [0.05, 0.1) is 0 Å². The monoisotopic (exact) mass is 430 g/mol. The Morgan fingerprint density at radius 1 is 1.33 bits per heavy atom. The van der Waals surface area contributed by atoms with Gasteiger partial charge in [-0.1, -0.05) is 6.07 Å². The Morgan fingerprint density at radius 2 is 2.00 bits per heavy atom. The lowest BCUT2D eigenvalue weighted by Crippen LogP contribution is -2.32. The molecule has 0 aliphatic carbocycles. The van der Waals surface area contributed by atoms with Crippen LogP contribution < -0.4 is 25.4 Å². The molecule has 0 aliphatic rings. The number of benzene rings is 1. The number of hydrogen-bond donors (Lipinski definition) is 3. The molecule has 0 fully saturated rings. The number of ether oxygens (including phenoxy) is 1. The highest BCUT2D eigenvalue weighted by atomic mass is 32.1. The van der Waals surface area contributed by atoms with Gasteiger partial charge in [0.1, 0.15) is 20.9 Å². The van der Waals surface area contributed by atoms with Gasteiger partial charge in [-0.25, -0.2) is 9.59 Å². The van der Waals surface area contributed by atoms with Gasteiger partial charge in [-0.05, 0) is 45.9 Å². The van der Waals surface area contributed by atoms with Crippen molar-refractivity contribution in [1.82, 2.24) is 4.57 Å². The Balaban J connectivity index is 2.35. The first-order valence-corrected chi connectivity index (χ1v) is 9.81. The number of nitrogens with one attached hydrogen (secondary N) is 2. The number of nitrogens with zero attached hydrogens (tertiary/aromatic N) is 2. The highest BCUT2D eigenvalue weighted by Gasteiger charge is 2.16. The van der Waals surface area contributed by atoms with Gasteiger partial charge in [-0.15, -0.1) is 11.3 Å². The minimum atomic E-state index is -1.39. The molecule has 0 saturated carbocycles. The van der Waals surface area contributed by atoms with Crippen molar-refractivity contribution in [2.24, 2.45) is 0 Å². The number of thiazole rings is 1. The number of carbonyl (C=O) groups excluding carboxylic acids is 1. The van der Waals surface area contributed by atoms with E-state index in [9.17, 15) is 19.5 Å². The predicted molar refractivity (Wildman–Crippen MR) is 115 cm³/mol. The summed E-state index contributed by atoms with van der Waals surface area (Å²) in [6.07, 6.45) is 0.845. The summed E-state index contributed by atoms with van der Waals surface area (Å²) in [7, 11) is 0. The Kier molecular flexibility index (Phi) is 7.02. The molecular formula is C20H22N4O5S. The first-order valence-electron chi connectivity index (χ1n) is 9.00. The number of anilines is 2. The molecule has 2 aromatic rings. The Labute approximate surface area is 176 Å². The average molecular weight is 430 g/mol. The molecule has 3 N–H and O–H groups in total. The summed E-state index contributed by atoms with van der Waals surface area (Å²) in [6.45, 7) is 7.20. The fourth-order valence-electron chi connectivity index (χ4n) is 2.44. The minimum absolute atomic E-state index is 0.0888. The average Bonchev–Trinajstić information content (AvgIpc) is 2.94. The summed E-state index contributed by atoms with van der Waals surface area (Å²) in [4.78, 5) is 35.7. The van der Waals surface area contributed by atoms with Crippen LogP contribution in [0.5, 0.6) is 0 Å². The lowest BCUT2D eigenvalue weighted by atomic mass is 10.2. The van der Waals surface area contributed by atoms with Gasteiger partial charge in [-0.3, -0.25) is 14.7 Å². The first kappa shape index (κ1) is 22.7. The molecule has 1 heterocycles. The third-order valence-electron chi connectivity index (χ3n) is 3.64. The molecule has 1 aromatic carbocycles. The minimum Gasteiger partial charge on any atom is -0.477 e. The van der Waals surface area contributed by atoms with Crippen LogP contribution >= 0.6 is 11.3 Å². The molecule has 0 atom stereocenters. The molecule has 0 saturated heterocycles. The maximum absolute atomic E-state index is 12.5.